The van der Waals surface area contributed by atoms with Gasteiger partial charge in [-0.05, 0) is 11.1 Å². The monoisotopic (exact) mass is 297 g/mol. The van der Waals surface area contributed by atoms with Gasteiger partial charge in [-0.15, -0.1) is 11.8 Å². The third-order valence-corrected chi connectivity index (χ3v) is 5.10. The van der Waals surface area contributed by atoms with E-state index in [4.69, 9.17) is 0 Å². The van der Waals surface area contributed by atoms with Crippen LogP contribution in [0.4, 0.5) is 0 Å². The smallest absolute Gasteiger partial charge is 0.232 e. The summed E-state index contributed by atoms with van der Waals surface area (Å²) in [4.78, 5) is 12.3. The Morgan fingerprint density at radius 3 is 2.24 bits per heavy atom. The lowest BCUT2D eigenvalue weighted by Gasteiger charge is -2.25. The van der Waals surface area contributed by atoms with Crippen LogP contribution in [0.3, 0.4) is 0 Å². The first kappa shape index (κ1) is 13.9. The van der Waals surface area contributed by atoms with Crippen LogP contribution in [0.15, 0.2) is 66.7 Å². The highest BCUT2D eigenvalue weighted by Crippen LogP contribution is 2.47. The highest BCUT2D eigenvalue weighted by Gasteiger charge is 2.36. The fraction of sp³-hybridized carbons (Fsp3) is 0.176. The molecule has 0 spiro atoms. The van der Waals surface area contributed by atoms with Gasteiger partial charge in [-0.3, -0.25) is 10.1 Å². The van der Waals surface area contributed by atoms with Crippen LogP contribution in [0.2, 0.25) is 0 Å². The van der Waals surface area contributed by atoms with Crippen molar-refractivity contribution >= 4 is 16.7 Å². The average molecular weight is 297 g/mol. The highest BCUT2D eigenvalue weighted by molar-refractivity contribution is 8.08. The molecule has 4 heteroatoms. The van der Waals surface area contributed by atoms with E-state index in [0.717, 1.165) is 16.0 Å². The van der Waals surface area contributed by atoms with Crippen LogP contribution in [-0.2, 0) is 0 Å². The van der Waals surface area contributed by atoms with Gasteiger partial charge in [-0.25, -0.2) is 0 Å². The lowest BCUT2D eigenvalue weighted by molar-refractivity contribution is -0.521. The molecule has 2 unspecified atom stereocenters. The first-order valence-corrected chi connectivity index (χ1v) is 7.74. The number of nitrogens with zero attached hydrogens (tertiary/aromatic N) is 1. The molecular weight excluding hydrogens is 282 g/mol. The Morgan fingerprint density at radius 1 is 1.00 bits per heavy atom. The zero-order valence-electron chi connectivity index (χ0n) is 11.4. The predicted molar refractivity (Wildman–Crippen MR) is 86.6 cm³/mol. The predicted octanol–water partition coefficient (Wildman–Crippen LogP) is 4.55. The average Bonchev–Trinajstić information content (AvgIpc) is 2.56. The molecule has 2 aromatic carbocycles. The molecule has 0 aliphatic carbocycles. The summed E-state index contributed by atoms with van der Waals surface area (Å²) in [6.07, 6.45) is 2.47. The molecule has 0 saturated heterocycles. The summed E-state index contributed by atoms with van der Waals surface area (Å²) in [7, 11) is 0. The summed E-state index contributed by atoms with van der Waals surface area (Å²) >= 11 is 1.59. The van der Waals surface area contributed by atoms with E-state index in [1.165, 1.54) is 0 Å². The van der Waals surface area contributed by atoms with Crippen molar-refractivity contribution in [1.82, 2.24) is 0 Å². The largest absolute Gasteiger partial charge is 0.264 e. The van der Waals surface area contributed by atoms with Crippen molar-refractivity contribution in [3.63, 3.8) is 0 Å². The second-order valence-corrected chi connectivity index (χ2v) is 6.16. The number of benzene rings is 2. The Bertz CT molecular complexity index is 655. The number of thioether (sulfide) groups is 1. The molecule has 0 radical (unpaired) electrons. The molecule has 2 atom stereocenters. The number of nitro groups is 1. The summed E-state index contributed by atoms with van der Waals surface area (Å²) in [6.45, 7) is 0. The SMILES string of the molecule is O=[N+]([O-])C1CC=C(c2ccccc2)SC1c1ccccc1. The zero-order valence-corrected chi connectivity index (χ0v) is 12.2. The van der Waals surface area contributed by atoms with Crippen molar-refractivity contribution < 1.29 is 4.92 Å². The van der Waals surface area contributed by atoms with Gasteiger partial charge in [0.25, 0.3) is 0 Å². The number of rotatable bonds is 3. The molecule has 106 valence electrons. The quantitative estimate of drug-likeness (QED) is 0.616. The van der Waals surface area contributed by atoms with Gasteiger partial charge < -0.3 is 0 Å². The van der Waals surface area contributed by atoms with Gasteiger partial charge in [0.05, 0.1) is 0 Å². The minimum atomic E-state index is -0.565. The van der Waals surface area contributed by atoms with Gasteiger partial charge in [0.15, 0.2) is 0 Å². The van der Waals surface area contributed by atoms with Crippen LogP contribution in [0.25, 0.3) is 4.91 Å². The Balaban J connectivity index is 1.94. The highest BCUT2D eigenvalue weighted by atomic mass is 32.2. The van der Waals surface area contributed by atoms with E-state index < -0.39 is 6.04 Å². The maximum atomic E-state index is 11.3. The molecule has 0 amide bonds. The second-order valence-electron chi connectivity index (χ2n) is 4.97. The van der Waals surface area contributed by atoms with E-state index in [2.05, 4.69) is 0 Å². The van der Waals surface area contributed by atoms with Crippen LogP contribution in [-0.4, -0.2) is 11.0 Å². The Hall–Kier alpha value is -2.07. The van der Waals surface area contributed by atoms with E-state index in [1.807, 2.05) is 66.7 Å². The van der Waals surface area contributed by atoms with Crippen molar-refractivity contribution in [2.75, 3.05) is 0 Å². The lowest BCUT2D eigenvalue weighted by atomic mass is 10.0. The fourth-order valence-electron chi connectivity index (χ4n) is 2.53. The zero-order chi connectivity index (χ0) is 14.7. The molecular formula is C17H15NO2S. The van der Waals surface area contributed by atoms with Crippen LogP contribution in [0, 0.1) is 10.1 Å². The van der Waals surface area contributed by atoms with Gasteiger partial charge in [-0.1, -0.05) is 66.7 Å². The standard InChI is InChI=1S/C17H15NO2S/c19-18(20)15-11-12-16(13-7-3-1-4-8-13)21-17(15)14-9-5-2-6-10-14/h1-10,12,15,17H,11H2. The molecule has 1 aliphatic heterocycles. The van der Waals surface area contributed by atoms with Crippen molar-refractivity contribution in [3.8, 4) is 0 Å². The molecule has 0 saturated carbocycles. The van der Waals surface area contributed by atoms with Gasteiger partial charge in [0, 0.05) is 16.2 Å². The van der Waals surface area contributed by atoms with Gasteiger partial charge in [0.2, 0.25) is 6.04 Å². The molecule has 0 aromatic heterocycles. The van der Waals surface area contributed by atoms with Crippen molar-refractivity contribution in [2.24, 2.45) is 0 Å². The third kappa shape index (κ3) is 3.00. The minimum absolute atomic E-state index is 0.138. The van der Waals surface area contributed by atoms with Crippen molar-refractivity contribution in [3.05, 3.63) is 88.0 Å². The van der Waals surface area contributed by atoms with E-state index >= 15 is 0 Å². The van der Waals surface area contributed by atoms with E-state index in [9.17, 15) is 10.1 Å². The maximum Gasteiger partial charge on any atom is 0.232 e. The van der Waals surface area contributed by atoms with E-state index in [0.29, 0.717) is 6.42 Å². The first-order chi connectivity index (χ1) is 10.3. The van der Waals surface area contributed by atoms with Gasteiger partial charge in [0.1, 0.15) is 5.25 Å². The van der Waals surface area contributed by atoms with Crippen LogP contribution >= 0.6 is 11.8 Å². The number of hydrogen-bond acceptors (Lipinski definition) is 3. The molecule has 1 aliphatic rings. The second kappa shape index (κ2) is 6.14. The molecule has 2 aromatic rings. The molecule has 0 fully saturated rings. The molecule has 3 nitrogen and oxygen atoms in total. The summed E-state index contributed by atoms with van der Waals surface area (Å²) in [5.74, 6) is 0. The first-order valence-electron chi connectivity index (χ1n) is 6.86. The molecule has 0 bridgehead atoms. The molecule has 3 rings (SSSR count). The van der Waals surface area contributed by atoms with Crippen molar-refractivity contribution in [2.45, 2.75) is 17.7 Å². The fourth-order valence-corrected chi connectivity index (χ4v) is 3.93. The molecule has 21 heavy (non-hydrogen) atoms. The Morgan fingerprint density at radius 2 is 1.62 bits per heavy atom. The maximum absolute atomic E-state index is 11.3. The van der Waals surface area contributed by atoms with E-state index in [1.54, 1.807) is 11.8 Å². The van der Waals surface area contributed by atoms with Gasteiger partial charge in [-0.2, -0.15) is 0 Å². The Labute approximate surface area is 127 Å². The topological polar surface area (TPSA) is 43.1 Å². The summed E-state index contributed by atoms with van der Waals surface area (Å²) in [6, 6.07) is 19.3. The normalized spacial score (nSPS) is 21.6. The molecule has 0 N–H and O–H groups in total. The van der Waals surface area contributed by atoms with Crippen LogP contribution < -0.4 is 0 Å². The third-order valence-electron chi connectivity index (χ3n) is 3.61. The van der Waals surface area contributed by atoms with Crippen LogP contribution in [0.5, 0.6) is 0 Å². The number of hydrogen-bond donors (Lipinski definition) is 0. The van der Waals surface area contributed by atoms with Crippen molar-refractivity contribution in [1.29, 1.82) is 0 Å². The lowest BCUT2D eigenvalue weighted by Crippen LogP contribution is -2.27. The summed E-state index contributed by atoms with van der Waals surface area (Å²) in [5, 5.41) is 11.2. The van der Waals surface area contributed by atoms with E-state index in [-0.39, 0.29) is 10.2 Å². The Kier molecular flexibility index (Phi) is 4.06. The summed E-state index contributed by atoms with van der Waals surface area (Å²) in [5.41, 5.74) is 2.15. The van der Waals surface area contributed by atoms with Crippen LogP contribution in [0.1, 0.15) is 22.8 Å². The van der Waals surface area contributed by atoms with Gasteiger partial charge >= 0.3 is 0 Å². The minimum Gasteiger partial charge on any atom is -0.264 e. The summed E-state index contributed by atoms with van der Waals surface area (Å²) < 4.78 is 0. The molecule has 1 heterocycles.